The fourth-order valence-electron chi connectivity index (χ4n) is 1.67. The van der Waals surface area contributed by atoms with Crippen LogP contribution in [-0.4, -0.2) is 18.9 Å². The lowest BCUT2D eigenvalue weighted by molar-refractivity contribution is 0.559. The van der Waals surface area contributed by atoms with Crippen LogP contribution in [-0.2, 0) is 0 Å². The summed E-state index contributed by atoms with van der Waals surface area (Å²) in [6, 6.07) is 0. The quantitative estimate of drug-likeness (QED) is 0.668. The van der Waals surface area contributed by atoms with E-state index in [4.69, 9.17) is 0 Å². The Morgan fingerprint density at radius 3 is 2.83 bits per heavy atom. The summed E-state index contributed by atoms with van der Waals surface area (Å²) in [5.41, 5.74) is 0. The van der Waals surface area contributed by atoms with E-state index >= 15 is 0 Å². The van der Waals surface area contributed by atoms with Crippen LogP contribution in [0.2, 0.25) is 0 Å². The van der Waals surface area contributed by atoms with E-state index in [2.05, 4.69) is 24.2 Å². The van der Waals surface area contributed by atoms with Gasteiger partial charge in [-0.3, -0.25) is 4.99 Å². The third kappa shape index (κ3) is 2.50. The van der Waals surface area contributed by atoms with Crippen LogP contribution in [0.15, 0.2) is 4.99 Å². The Bertz CT molecular complexity index is 152. The van der Waals surface area contributed by atoms with Crippen molar-refractivity contribution in [3.63, 3.8) is 0 Å². The Morgan fingerprint density at radius 2 is 2.33 bits per heavy atom. The Kier molecular flexibility index (Phi) is 4.12. The molecule has 0 aromatic carbocycles. The largest absolute Gasteiger partial charge is 0.372 e. The molecule has 0 aromatic rings. The molecular weight excluding hydrogens is 148 g/mol. The molecule has 0 saturated carbocycles. The molecule has 0 radical (unpaired) electrons. The molecule has 2 heteroatoms. The minimum absolute atomic E-state index is 0.701. The van der Waals surface area contributed by atoms with Crippen molar-refractivity contribution in [3.8, 4) is 0 Å². The number of nitrogens with zero attached hydrogens (tertiary/aromatic N) is 1. The van der Waals surface area contributed by atoms with E-state index in [1.165, 1.54) is 31.5 Å². The zero-order valence-corrected chi connectivity index (χ0v) is 8.27. The third-order valence-corrected chi connectivity index (χ3v) is 2.49. The zero-order valence-electron chi connectivity index (χ0n) is 8.27. The summed E-state index contributed by atoms with van der Waals surface area (Å²) in [7, 11) is 0. The second-order valence-corrected chi connectivity index (χ2v) is 3.44. The number of amidine groups is 1. The van der Waals surface area contributed by atoms with Crippen LogP contribution in [0.3, 0.4) is 0 Å². The lowest BCUT2D eigenvalue weighted by atomic mass is 9.98. The van der Waals surface area contributed by atoms with Crippen molar-refractivity contribution in [1.82, 2.24) is 5.32 Å². The average Bonchev–Trinajstić information content (AvgIpc) is 2.59. The minimum Gasteiger partial charge on any atom is -0.372 e. The van der Waals surface area contributed by atoms with Crippen molar-refractivity contribution in [2.75, 3.05) is 13.1 Å². The van der Waals surface area contributed by atoms with Gasteiger partial charge in [-0.05, 0) is 12.8 Å². The van der Waals surface area contributed by atoms with Gasteiger partial charge in [-0.15, -0.1) is 0 Å². The molecule has 0 aliphatic carbocycles. The highest BCUT2D eigenvalue weighted by molar-refractivity contribution is 5.85. The molecule has 0 unspecified atom stereocenters. The predicted molar refractivity (Wildman–Crippen MR) is 53.6 cm³/mol. The molecule has 1 rings (SSSR count). The first-order chi connectivity index (χ1) is 5.88. The number of hydrogen-bond donors (Lipinski definition) is 1. The standard InChI is InChI=1S/C10H20N2/c1-3-5-6-9(4-2)10-11-7-8-12-10/h9H,3-8H2,1-2H3,(H,11,12)/t9-/m0/s1. The second kappa shape index (κ2) is 5.18. The van der Waals surface area contributed by atoms with Crippen molar-refractivity contribution in [1.29, 1.82) is 0 Å². The van der Waals surface area contributed by atoms with E-state index < -0.39 is 0 Å². The molecule has 0 saturated heterocycles. The van der Waals surface area contributed by atoms with E-state index in [-0.39, 0.29) is 0 Å². The SMILES string of the molecule is CCCC[C@H](CC)C1=NCCN1. The number of rotatable bonds is 5. The summed E-state index contributed by atoms with van der Waals surface area (Å²) in [5, 5.41) is 3.37. The highest BCUT2D eigenvalue weighted by Crippen LogP contribution is 2.14. The normalized spacial score (nSPS) is 18.7. The van der Waals surface area contributed by atoms with E-state index in [1.54, 1.807) is 0 Å². The van der Waals surface area contributed by atoms with Gasteiger partial charge in [0.2, 0.25) is 0 Å². The summed E-state index contributed by atoms with van der Waals surface area (Å²) < 4.78 is 0. The number of unbranched alkanes of at least 4 members (excludes halogenated alkanes) is 1. The van der Waals surface area contributed by atoms with Crippen molar-refractivity contribution >= 4 is 5.84 Å². The van der Waals surface area contributed by atoms with Crippen molar-refractivity contribution in [2.45, 2.75) is 39.5 Å². The van der Waals surface area contributed by atoms with E-state index in [0.717, 1.165) is 13.1 Å². The first-order valence-corrected chi connectivity index (χ1v) is 5.16. The van der Waals surface area contributed by atoms with E-state index in [0.29, 0.717) is 5.92 Å². The molecule has 12 heavy (non-hydrogen) atoms. The summed E-state index contributed by atoms with van der Waals surface area (Å²) in [6.45, 7) is 6.54. The first-order valence-electron chi connectivity index (χ1n) is 5.16. The molecule has 0 amide bonds. The molecule has 0 aromatic heterocycles. The van der Waals surface area contributed by atoms with Crippen LogP contribution in [0.1, 0.15) is 39.5 Å². The van der Waals surface area contributed by atoms with Crippen molar-refractivity contribution < 1.29 is 0 Å². The summed E-state index contributed by atoms with van der Waals surface area (Å²) in [5.74, 6) is 1.97. The average molecular weight is 168 g/mol. The van der Waals surface area contributed by atoms with Gasteiger partial charge >= 0.3 is 0 Å². The molecule has 1 aliphatic heterocycles. The van der Waals surface area contributed by atoms with Gasteiger partial charge in [0.1, 0.15) is 0 Å². The molecule has 1 N–H and O–H groups in total. The lowest BCUT2D eigenvalue weighted by Crippen LogP contribution is -2.26. The molecule has 0 bridgehead atoms. The minimum atomic E-state index is 0.701. The summed E-state index contributed by atoms with van der Waals surface area (Å²) in [6.07, 6.45) is 5.16. The van der Waals surface area contributed by atoms with Gasteiger partial charge in [0.25, 0.3) is 0 Å². The molecule has 0 fully saturated rings. The van der Waals surface area contributed by atoms with Gasteiger partial charge in [-0.2, -0.15) is 0 Å². The smallest absolute Gasteiger partial charge is 0.0995 e. The second-order valence-electron chi connectivity index (χ2n) is 3.44. The zero-order chi connectivity index (χ0) is 8.81. The maximum Gasteiger partial charge on any atom is 0.0995 e. The topological polar surface area (TPSA) is 24.4 Å². The van der Waals surface area contributed by atoms with Gasteiger partial charge in [-0.1, -0.05) is 26.7 Å². The monoisotopic (exact) mass is 168 g/mol. The Labute approximate surface area is 75.5 Å². The maximum absolute atomic E-state index is 4.47. The van der Waals surface area contributed by atoms with Gasteiger partial charge in [0.05, 0.1) is 12.4 Å². The Hall–Kier alpha value is -0.530. The summed E-state index contributed by atoms with van der Waals surface area (Å²) in [4.78, 5) is 4.47. The van der Waals surface area contributed by atoms with Crippen LogP contribution in [0, 0.1) is 5.92 Å². The molecule has 1 aliphatic rings. The highest BCUT2D eigenvalue weighted by Gasteiger charge is 2.15. The van der Waals surface area contributed by atoms with Gasteiger partial charge in [0, 0.05) is 12.5 Å². The summed E-state index contributed by atoms with van der Waals surface area (Å²) >= 11 is 0. The van der Waals surface area contributed by atoms with Crippen LogP contribution in [0.25, 0.3) is 0 Å². The molecule has 70 valence electrons. The molecule has 0 spiro atoms. The fraction of sp³-hybridized carbons (Fsp3) is 0.900. The molecule has 2 nitrogen and oxygen atoms in total. The molecule has 1 heterocycles. The van der Waals surface area contributed by atoms with Gasteiger partial charge in [0.15, 0.2) is 0 Å². The molecule has 1 atom stereocenters. The van der Waals surface area contributed by atoms with E-state index in [9.17, 15) is 0 Å². The number of hydrogen-bond acceptors (Lipinski definition) is 2. The Morgan fingerprint density at radius 1 is 1.50 bits per heavy atom. The first kappa shape index (κ1) is 9.56. The number of nitrogens with one attached hydrogen (secondary N) is 1. The van der Waals surface area contributed by atoms with Crippen LogP contribution in [0.4, 0.5) is 0 Å². The number of aliphatic imine (C=N–C) groups is 1. The third-order valence-electron chi connectivity index (χ3n) is 2.49. The predicted octanol–water partition coefficient (Wildman–Crippen LogP) is 2.20. The lowest BCUT2D eigenvalue weighted by Gasteiger charge is -2.14. The Balaban J connectivity index is 2.33. The van der Waals surface area contributed by atoms with Gasteiger partial charge in [-0.25, -0.2) is 0 Å². The van der Waals surface area contributed by atoms with E-state index in [1.807, 2.05) is 0 Å². The van der Waals surface area contributed by atoms with Crippen molar-refractivity contribution in [3.05, 3.63) is 0 Å². The van der Waals surface area contributed by atoms with Crippen LogP contribution < -0.4 is 5.32 Å². The molecular formula is C10H20N2. The van der Waals surface area contributed by atoms with Crippen LogP contribution in [0.5, 0.6) is 0 Å². The van der Waals surface area contributed by atoms with Gasteiger partial charge < -0.3 is 5.32 Å². The maximum atomic E-state index is 4.47. The van der Waals surface area contributed by atoms with Crippen molar-refractivity contribution in [2.24, 2.45) is 10.9 Å². The highest BCUT2D eigenvalue weighted by atomic mass is 15.1. The fourth-order valence-corrected chi connectivity index (χ4v) is 1.67. The van der Waals surface area contributed by atoms with Crippen LogP contribution >= 0.6 is 0 Å².